The monoisotopic (exact) mass is 208 g/mol. The summed E-state index contributed by atoms with van der Waals surface area (Å²) in [5, 5.41) is 0. The molecule has 2 heteroatoms. The lowest BCUT2D eigenvalue weighted by Crippen LogP contribution is -2.08. The first-order chi connectivity index (χ1) is 7.86. The van der Waals surface area contributed by atoms with Gasteiger partial charge < -0.3 is 0 Å². The average Bonchev–Trinajstić information content (AvgIpc) is 2.97. The third-order valence-corrected chi connectivity index (χ3v) is 2.36. The Kier molecular flexibility index (Phi) is 3.77. The van der Waals surface area contributed by atoms with Crippen LogP contribution in [0, 0.1) is 63.2 Å². The van der Waals surface area contributed by atoms with Gasteiger partial charge >= 0.3 is 0 Å². The Morgan fingerprint density at radius 3 is 1.25 bits per heavy atom. The zero-order valence-electron chi connectivity index (χ0n) is 8.44. The van der Waals surface area contributed by atoms with E-state index in [1.807, 2.05) is 11.9 Å². The molecule has 0 atom stereocenters. The summed E-state index contributed by atoms with van der Waals surface area (Å²) in [7, 11) is 0. The summed E-state index contributed by atoms with van der Waals surface area (Å²) >= 11 is 0. The van der Waals surface area contributed by atoms with Gasteiger partial charge in [0.05, 0.1) is 11.1 Å². The van der Waals surface area contributed by atoms with Crippen LogP contribution in [0.5, 0.6) is 0 Å². The van der Waals surface area contributed by atoms with Crippen LogP contribution in [0.25, 0.3) is 0 Å². The minimum absolute atomic E-state index is 0.256. The predicted octanol–water partition coefficient (Wildman–Crippen LogP) is 1.31. The highest BCUT2D eigenvalue weighted by Crippen LogP contribution is 2.39. The summed E-state index contributed by atoms with van der Waals surface area (Å²) in [6.45, 7) is 0. The highest BCUT2D eigenvalue weighted by Gasteiger charge is 2.31. The van der Waals surface area contributed by atoms with Crippen molar-refractivity contribution in [1.82, 2.24) is 0 Å². The van der Waals surface area contributed by atoms with Crippen molar-refractivity contribution in [2.75, 3.05) is 0 Å². The summed E-state index contributed by atoms with van der Waals surface area (Å²) in [5.74, 6) is 5.00. The molecule has 0 N–H and O–H groups in total. The normalized spacial score (nSPS) is 21.8. The highest BCUT2D eigenvalue weighted by atomic mass is 16.1. The molecule has 2 saturated carbocycles. The van der Waals surface area contributed by atoms with E-state index in [2.05, 4.69) is 0 Å². The van der Waals surface area contributed by atoms with Crippen molar-refractivity contribution in [3.05, 3.63) is 74.3 Å². The fourth-order valence-electron chi connectivity index (χ4n) is 1.59. The Balaban J connectivity index is 2.18. The molecule has 16 heavy (non-hydrogen) atoms. The molecule has 0 aromatic carbocycles. The average molecular weight is 208 g/mol. The molecule has 2 aliphatic rings. The number of hydrogen-bond donors (Lipinski definition) is 0. The molecule has 0 saturated heterocycles. The van der Waals surface area contributed by atoms with Crippen LogP contribution in [0.15, 0.2) is 11.1 Å². The van der Waals surface area contributed by atoms with E-state index in [1.165, 1.54) is 0 Å². The standard InChI is InChI=1S/C14H8O2/c15-9-13(11-5-1-2-6-11)14(10-16)12-7-3-4-8-12/h1-8H. The fraction of sp³-hybridized carbons (Fsp3) is 0. The van der Waals surface area contributed by atoms with Crippen LogP contribution in [0.1, 0.15) is 0 Å². The Morgan fingerprint density at radius 1 is 0.688 bits per heavy atom. The SMILES string of the molecule is O=C=C([C]1[CH][CH][CH][CH]1)C(=C=O)[C]1[CH][CH][CH][CH]1. The zero-order valence-corrected chi connectivity index (χ0v) is 8.44. The first kappa shape index (κ1) is 11.4. The van der Waals surface area contributed by atoms with Crippen LogP contribution in [-0.2, 0) is 9.59 Å². The molecule has 2 rings (SSSR count). The maximum absolute atomic E-state index is 10.9. The fourth-order valence-corrected chi connectivity index (χ4v) is 1.59. The van der Waals surface area contributed by atoms with Crippen LogP contribution in [0.4, 0.5) is 0 Å². The quantitative estimate of drug-likeness (QED) is 0.517. The van der Waals surface area contributed by atoms with E-state index in [1.54, 1.807) is 51.4 Å². The summed E-state index contributed by atoms with van der Waals surface area (Å²) < 4.78 is 0. The van der Waals surface area contributed by atoms with E-state index in [0.717, 1.165) is 0 Å². The topological polar surface area (TPSA) is 34.1 Å². The van der Waals surface area contributed by atoms with Gasteiger partial charge in [0, 0.05) is 11.8 Å². The smallest absolute Gasteiger partial charge is 0.129 e. The van der Waals surface area contributed by atoms with Crippen LogP contribution in [0.2, 0.25) is 0 Å². The molecule has 10 radical (unpaired) electrons. The van der Waals surface area contributed by atoms with Crippen molar-refractivity contribution in [3.63, 3.8) is 0 Å². The number of hydrogen-bond acceptors (Lipinski definition) is 2. The Hall–Kier alpha value is -1.10. The molecule has 0 heterocycles. The molecule has 0 aliphatic heterocycles. The van der Waals surface area contributed by atoms with Gasteiger partial charge in [-0.1, -0.05) is 0 Å². The molecular weight excluding hydrogens is 200 g/mol. The minimum Gasteiger partial charge on any atom is -0.233 e. The van der Waals surface area contributed by atoms with Crippen LogP contribution in [-0.4, -0.2) is 11.9 Å². The molecule has 0 spiro atoms. The molecule has 76 valence electrons. The van der Waals surface area contributed by atoms with Crippen molar-refractivity contribution in [1.29, 1.82) is 0 Å². The summed E-state index contributed by atoms with van der Waals surface area (Å²) in [6.07, 6.45) is 14.3. The predicted molar refractivity (Wildman–Crippen MR) is 59.3 cm³/mol. The van der Waals surface area contributed by atoms with E-state index in [-0.39, 0.29) is 11.1 Å². The zero-order chi connectivity index (χ0) is 11.4. The van der Waals surface area contributed by atoms with Crippen LogP contribution in [0.3, 0.4) is 0 Å². The molecule has 0 bridgehead atoms. The van der Waals surface area contributed by atoms with Crippen molar-refractivity contribution >= 4 is 11.9 Å². The van der Waals surface area contributed by atoms with Gasteiger partial charge in [-0.15, -0.1) is 0 Å². The first-order valence-electron chi connectivity index (χ1n) is 4.81. The lowest BCUT2D eigenvalue weighted by molar-refractivity contribution is 0.564. The Bertz CT molecular complexity index is 309. The van der Waals surface area contributed by atoms with E-state index in [9.17, 15) is 9.59 Å². The third kappa shape index (κ3) is 2.19. The second-order valence-electron chi connectivity index (χ2n) is 3.30. The lowest BCUT2D eigenvalue weighted by atomic mass is 9.85. The first-order valence-corrected chi connectivity index (χ1v) is 4.81. The minimum atomic E-state index is 0.256. The van der Waals surface area contributed by atoms with Gasteiger partial charge in [0.1, 0.15) is 11.9 Å². The number of allylic oxidation sites excluding steroid dienone is 2. The second-order valence-corrected chi connectivity index (χ2v) is 3.30. The number of rotatable bonds is 3. The van der Waals surface area contributed by atoms with Crippen molar-refractivity contribution in [2.24, 2.45) is 0 Å². The van der Waals surface area contributed by atoms with Crippen LogP contribution >= 0.6 is 0 Å². The highest BCUT2D eigenvalue weighted by molar-refractivity contribution is 5.84. The van der Waals surface area contributed by atoms with Gasteiger partial charge in [0.2, 0.25) is 0 Å². The van der Waals surface area contributed by atoms with E-state index in [4.69, 9.17) is 0 Å². The van der Waals surface area contributed by atoms with Gasteiger partial charge in [-0.3, -0.25) is 0 Å². The molecule has 0 unspecified atom stereocenters. The molecule has 2 aliphatic carbocycles. The van der Waals surface area contributed by atoms with Crippen LogP contribution < -0.4 is 0 Å². The Labute approximate surface area is 96.4 Å². The molecule has 0 amide bonds. The van der Waals surface area contributed by atoms with E-state index < -0.39 is 0 Å². The molecule has 0 aromatic rings. The van der Waals surface area contributed by atoms with Gasteiger partial charge in [-0.25, -0.2) is 9.59 Å². The maximum Gasteiger partial charge on any atom is 0.129 e. The summed E-state index contributed by atoms with van der Waals surface area (Å²) in [5.41, 5.74) is 0.511. The molecule has 2 fully saturated rings. The summed E-state index contributed by atoms with van der Waals surface area (Å²) in [4.78, 5) is 21.9. The summed E-state index contributed by atoms with van der Waals surface area (Å²) in [6, 6.07) is 0. The second kappa shape index (κ2) is 5.30. The van der Waals surface area contributed by atoms with Gasteiger partial charge in [0.25, 0.3) is 0 Å². The lowest BCUT2D eigenvalue weighted by Gasteiger charge is -2.14. The van der Waals surface area contributed by atoms with Gasteiger partial charge in [-0.05, 0) is 51.4 Å². The molecule has 2 nitrogen and oxygen atoms in total. The maximum atomic E-state index is 10.9. The molecule has 0 aromatic heterocycles. The van der Waals surface area contributed by atoms with E-state index in [0.29, 0.717) is 11.8 Å². The van der Waals surface area contributed by atoms with Gasteiger partial charge in [-0.2, -0.15) is 0 Å². The Morgan fingerprint density at radius 2 is 1.00 bits per heavy atom. The van der Waals surface area contributed by atoms with Crippen molar-refractivity contribution in [3.8, 4) is 0 Å². The third-order valence-electron chi connectivity index (χ3n) is 2.36. The molecular formula is C14H8O2. The van der Waals surface area contributed by atoms with E-state index >= 15 is 0 Å². The largest absolute Gasteiger partial charge is 0.233 e. The van der Waals surface area contributed by atoms with Crippen molar-refractivity contribution < 1.29 is 9.59 Å². The number of carbonyl (C=O) groups excluding carboxylic acids is 2. The van der Waals surface area contributed by atoms with Crippen molar-refractivity contribution in [2.45, 2.75) is 0 Å². The van der Waals surface area contributed by atoms with Gasteiger partial charge in [0.15, 0.2) is 0 Å².